The van der Waals surface area contributed by atoms with E-state index in [0.717, 1.165) is 24.2 Å². The Hall–Kier alpha value is -3.10. The van der Waals surface area contributed by atoms with Gasteiger partial charge in [-0.3, -0.25) is 9.59 Å². The highest BCUT2D eigenvalue weighted by atomic mass is 16.6. The average Bonchev–Trinajstić information content (AvgIpc) is 3.40. The number of ether oxygens (including phenoxy) is 4. The normalized spacial score (nSPS) is 14.3. The van der Waals surface area contributed by atoms with Crippen LogP contribution in [0.3, 0.4) is 0 Å². The van der Waals surface area contributed by atoms with Crippen molar-refractivity contribution < 1.29 is 28.5 Å². The summed E-state index contributed by atoms with van der Waals surface area (Å²) in [5, 5.41) is 6.04. The smallest absolute Gasteiger partial charge is 0.293 e. The summed E-state index contributed by atoms with van der Waals surface area (Å²) in [4.78, 5) is 22.8. The van der Waals surface area contributed by atoms with Crippen LogP contribution in [0.1, 0.15) is 31.2 Å². The third-order valence-corrected chi connectivity index (χ3v) is 5.72. The maximum absolute atomic E-state index is 12.0. The summed E-state index contributed by atoms with van der Waals surface area (Å²) < 4.78 is 22.4. The lowest BCUT2D eigenvalue weighted by Gasteiger charge is -2.17. The number of carbonyl (C=O) groups is 2. The van der Waals surface area contributed by atoms with E-state index in [2.05, 4.69) is 10.6 Å². The van der Waals surface area contributed by atoms with Crippen LogP contribution in [0.5, 0.6) is 11.5 Å². The molecule has 1 amide bonds. The van der Waals surface area contributed by atoms with Crippen LogP contribution in [0.4, 0.5) is 0 Å². The molecule has 1 fully saturated rings. The Kier molecular flexibility index (Phi) is 11.9. The molecule has 8 heteroatoms. The average molecular weight is 485 g/mol. The lowest BCUT2D eigenvalue weighted by atomic mass is 10.1. The Morgan fingerprint density at radius 3 is 2.37 bits per heavy atom. The van der Waals surface area contributed by atoms with E-state index >= 15 is 0 Å². The second kappa shape index (κ2) is 15.7. The molecule has 0 heterocycles. The van der Waals surface area contributed by atoms with Crippen molar-refractivity contribution in [2.24, 2.45) is 0 Å². The first-order valence-corrected chi connectivity index (χ1v) is 12.3. The molecular formula is C27H36N2O6. The zero-order valence-electron chi connectivity index (χ0n) is 20.2. The van der Waals surface area contributed by atoms with Gasteiger partial charge in [-0.15, -0.1) is 0 Å². The minimum atomic E-state index is -0.448. The molecule has 0 radical (unpaired) electrons. The van der Waals surface area contributed by atoms with Gasteiger partial charge in [0.1, 0.15) is 30.8 Å². The molecule has 3 rings (SSSR count). The fourth-order valence-electron chi connectivity index (χ4n) is 3.87. The number of hydrogen-bond acceptors (Lipinski definition) is 7. The van der Waals surface area contributed by atoms with Crippen LogP contribution in [-0.4, -0.2) is 64.0 Å². The van der Waals surface area contributed by atoms with Gasteiger partial charge in [0.25, 0.3) is 6.47 Å². The lowest BCUT2D eigenvalue weighted by molar-refractivity contribution is -0.134. The van der Waals surface area contributed by atoms with E-state index in [1.54, 1.807) is 0 Å². The van der Waals surface area contributed by atoms with Gasteiger partial charge in [0.2, 0.25) is 5.91 Å². The molecule has 1 aliphatic carbocycles. The molecule has 0 aliphatic heterocycles. The predicted octanol–water partition coefficient (Wildman–Crippen LogP) is 2.89. The molecule has 0 spiro atoms. The molecule has 190 valence electrons. The summed E-state index contributed by atoms with van der Waals surface area (Å²) in [6, 6.07) is 16.9. The second-order valence-corrected chi connectivity index (χ2v) is 8.48. The topological polar surface area (TPSA) is 95.1 Å². The van der Waals surface area contributed by atoms with Crippen molar-refractivity contribution in [1.29, 1.82) is 0 Å². The Bertz CT molecular complexity index is 856. The third-order valence-electron chi connectivity index (χ3n) is 5.72. The minimum Gasteiger partial charge on any atom is -0.491 e. The molecule has 0 aromatic heterocycles. The second-order valence-electron chi connectivity index (χ2n) is 8.48. The van der Waals surface area contributed by atoms with E-state index in [9.17, 15) is 9.59 Å². The quantitative estimate of drug-likeness (QED) is 0.263. The SMILES string of the molecule is O=COC(CNCCNC(=O)Cc1ccccc1)COc1ccc(OCCOC2CCCC2)cc1. The van der Waals surface area contributed by atoms with E-state index in [-0.39, 0.29) is 12.5 Å². The lowest BCUT2D eigenvalue weighted by Crippen LogP contribution is -2.38. The molecule has 0 saturated heterocycles. The molecule has 8 nitrogen and oxygen atoms in total. The zero-order valence-corrected chi connectivity index (χ0v) is 20.2. The highest BCUT2D eigenvalue weighted by Crippen LogP contribution is 2.21. The Morgan fingerprint density at radius 1 is 0.943 bits per heavy atom. The van der Waals surface area contributed by atoms with Crippen molar-refractivity contribution in [3.63, 3.8) is 0 Å². The van der Waals surface area contributed by atoms with Crippen LogP contribution in [0.25, 0.3) is 0 Å². The van der Waals surface area contributed by atoms with Crippen LogP contribution in [0.2, 0.25) is 0 Å². The molecular weight excluding hydrogens is 448 g/mol. The van der Waals surface area contributed by atoms with Gasteiger partial charge in [-0.05, 0) is 42.7 Å². The monoisotopic (exact) mass is 484 g/mol. The predicted molar refractivity (Wildman–Crippen MR) is 133 cm³/mol. The summed E-state index contributed by atoms with van der Waals surface area (Å²) in [6.45, 7) is 3.18. The van der Waals surface area contributed by atoms with Crippen molar-refractivity contribution in [2.75, 3.05) is 39.5 Å². The fraction of sp³-hybridized carbons (Fsp3) is 0.481. The van der Waals surface area contributed by atoms with Crippen LogP contribution in [-0.2, 0) is 25.5 Å². The highest BCUT2D eigenvalue weighted by molar-refractivity contribution is 5.78. The van der Waals surface area contributed by atoms with E-state index in [1.165, 1.54) is 12.8 Å². The van der Waals surface area contributed by atoms with Gasteiger partial charge in [0.15, 0.2) is 0 Å². The Morgan fingerprint density at radius 2 is 1.66 bits per heavy atom. The minimum absolute atomic E-state index is 0.0317. The van der Waals surface area contributed by atoms with Crippen LogP contribution in [0.15, 0.2) is 54.6 Å². The first kappa shape index (κ1) is 26.5. The molecule has 35 heavy (non-hydrogen) atoms. The van der Waals surface area contributed by atoms with Crippen LogP contribution < -0.4 is 20.1 Å². The number of hydrogen-bond donors (Lipinski definition) is 2. The summed E-state index contributed by atoms with van der Waals surface area (Å²) in [6.07, 6.45) is 5.12. The van der Waals surface area contributed by atoms with Gasteiger partial charge < -0.3 is 29.6 Å². The summed E-state index contributed by atoms with van der Waals surface area (Å²) in [7, 11) is 0. The van der Waals surface area contributed by atoms with Crippen molar-refractivity contribution in [2.45, 2.75) is 44.3 Å². The van der Waals surface area contributed by atoms with Gasteiger partial charge in [0.05, 0.1) is 19.1 Å². The summed E-state index contributed by atoms with van der Waals surface area (Å²) >= 11 is 0. The first-order chi connectivity index (χ1) is 17.2. The molecule has 1 unspecified atom stereocenters. The van der Waals surface area contributed by atoms with E-state index in [1.807, 2.05) is 54.6 Å². The molecule has 1 atom stereocenters. The molecule has 2 N–H and O–H groups in total. The Labute approximate surface area is 207 Å². The maximum Gasteiger partial charge on any atom is 0.293 e. The van der Waals surface area contributed by atoms with Crippen molar-refractivity contribution >= 4 is 12.4 Å². The summed E-state index contributed by atoms with van der Waals surface area (Å²) in [5.74, 6) is 1.38. The third kappa shape index (κ3) is 10.8. The molecule has 2 aromatic carbocycles. The van der Waals surface area contributed by atoms with Crippen LogP contribution in [0, 0.1) is 0 Å². The number of amides is 1. The maximum atomic E-state index is 12.0. The van der Waals surface area contributed by atoms with E-state index in [0.29, 0.717) is 57.6 Å². The molecule has 1 aliphatic rings. The van der Waals surface area contributed by atoms with Crippen molar-refractivity contribution in [1.82, 2.24) is 10.6 Å². The summed E-state index contributed by atoms with van der Waals surface area (Å²) in [5.41, 5.74) is 0.975. The van der Waals surface area contributed by atoms with Gasteiger partial charge in [-0.1, -0.05) is 43.2 Å². The molecule has 2 aromatic rings. The van der Waals surface area contributed by atoms with Crippen LogP contribution >= 0.6 is 0 Å². The number of nitrogens with one attached hydrogen (secondary N) is 2. The Balaban J connectivity index is 1.26. The molecule has 0 bridgehead atoms. The van der Waals surface area contributed by atoms with Gasteiger partial charge in [0, 0.05) is 19.6 Å². The van der Waals surface area contributed by atoms with Gasteiger partial charge in [-0.2, -0.15) is 0 Å². The van der Waals surface area contributed by atoms with E-state index in [4.69, 9.17) is 18.9 Å². The van der Waals surface area contributed by atoms with E-state index < -0.39 is 6.10 Å². The number of carbonyl (C=O) groups excluding carboxylic acids is 2. The van der Waals surface area contributed by atoms with Crippen molar-refractivity contribution in [3.8, 4) is 11.5 Å². The largest absolute Gasteiger partial charge is 0.491 e. The number of benzene rings is 2. The standard InChI is InChI=1S/C27H36N2O6/c30-21-35-26(19-28-14-15-29-27(31)18-22-6-2-1-3-7-22)20-34-25-12-10-24(11-13-25)33-17-16-32-23-8-4-5-9-23/h1-3,6-7,10-13,21,23,26,28H,4-5,8-9,14-20H2,(H,29,31). The first-order valence-electron chi connectivity index (χ1n) is 12.3. The van der Waals surface area contributed by atoms with Gasteiger partial charge >= 0.3 is 0 Å². The molecule has 1 saturated carbocycles. The number of rotatable bonds is 17. The zero-order chi connectivity index (χ0) is 24.6. The van der Waals surface area contributed by atoms with Gasteiger partial charge in [-0.25, -0.2) is 0 Å². The van der Waals surface area contributed by atoms with Crippen molar-refractivity contribution in [3.05, 3.63) is 60.2 Å². The highest BCUT2D eigenvalue weighted by Gasteiger charge is 2.15. The fourth-order valence-corrected chi connectivity index (χ4v) is 3.87.